The fourth-order valence-corrected chi connectivity index (χ4v) is 1.54. The Morgan fingerprint density at radius 2 is 2.12 bits per heavy atom. The van der Waals surface area contributed by atoms with Gasteiger partial charge in [0.15, 0.2) is 0 Å². The third-order valence-electron chi connectivity index (χ3n) is 3.06. The molecule has 0 fully saturated rings. The summed E-state index contributed by atoms with van der Waals surface area (Å²) >= 11 is 0. The van der Waals surface area contributed by atoms with Gasteiger partial charge >= 0.3 is 0 Å². The Morgan fingerprint density at radius 3 is 2.82 bits per heavy atom. The van der Waals surface area contributed by atoms with Crippen molar-refractivity contribution in [3.63, 3.8) is 0 Å². The van der Waals surface area contributed by atoms with Crippen molar-refractivity contribution in [2.45, 2.75) is 26.8 Å². The van der Waals surface area contributed by atoms with Gasteiger partial charge in [0.05, 0.1) is 11.7 Å². The number of carbonyl (C=O) groups excluding carboxylic acids is 1. The van der Waals surface area contributed by atoms with Gasteiger partial charge in [-0.2, -0.15) is 5.10 Å². The van der Waals surface area contributed by atoms with Crippen molar-refractivity contribution in [2.24, 2.45) is 5.92 Å². The van der Waals surface area contributed by atoms with Crippen LogP contribution in [-0.2, 0) is 0 Å². The second-order valence-electron chi connectivity index (χ2n) is 4.68. The zero-order chi connectivity index (χ0) is 12.4. The smallest absolute Gasteiger partial charge is 0.251 e. The second kappa shape index (κ2) is 4.57. The number of rotatable bonds is 3. The number of benzene rings is 1. The first-order chi connectivity index (χ1) is 8.08. The molecular formula is C13H17N3O. The molecule has 1 atom stereocenters. The van der Waals surface area contributed by atoms with Crippen LogP contribution in [0.15, 0.2) is 24.4 Å². The molecule has 0 radical (unpaired) electrons. The maximum atomic E-state index is 12.0. The zero-order valence-corrected chi connectivity index (χ0v) is 10.3. The van der Waals surface area contributed by atoms with Crippen LogP contribution in [0.4, 0.5) is 0 Å². The molecule has 2 N–H and O–H groups in total. The highest BCUT2D eigenvalue weighted by Crippen LogP contribution is 2.13. The van der Waals surface area contributed by atoms with Gasteiger partial charge in [-0.1, -0.05) is 19.9 Å². The minimum Gasteiger partial charge on any atom is -0.349 e. The molecule has 0 bridgehead atoms. The Hall–Kier alpha value is -1.84. The van der Waals surface area contributed by atoms with Gasteiger partial charge in [-0.05, 0) is 25.0 Å². The summed E-state index contributed by atoms with van der Waals surface area (Å²) in [4.78, 5) is 12.0. The normalized spacial score (nSPS) is 12.9. The first kappa shape index (κ1) is 11.6. The van der Waals surface area contributed by atoms with Gasteiger partial charge in [0.25, 0.3) is 5.91 Å². The number of aromatic amines is 1. The molecule has 90 valence electrons. The molecule has 4 nitrogen and oxygen atoms in total. The van der Waals surface area contributed by atoms with E-state index in [1.807, 2.05) is 25.1 Å². The lowest BCUT2D eigenvalue weighted by Crippen LogP contribution is -2.36. The van der Waals surface area contributed by atoms with Crippen LogP contribution in [0, 0.1) is 5.92 Å². The molecule has 1 amide bonds. The Balaban J connectivity index is 2.18. The van der Waals surface area contributed by atoms with Gasteiger partial charge in [-0.15, -0.1) is 0 Å². The number of nitrogens with one attached hydrogen (secondary N) is 2. The zero-order valence-electron chi connectivity index (χ0n) is 10.3. The summed E-state index contributed by atoms with van der Waals surface area (Å²) in [7, 11) is 0. The number of aromatic nitrogens is 2. The van der Waals surface area contributed by atoms with E-state index in [9.17, 15) is 4.79 Å². The van der Waals surface area contributed by atoms with Crippen molar-refractivity contribution in [3.8, 4) is 0 Å². The first-order valence-corrected chi connectivity index (χ1v) is 5.82. The highest BCUT2D eigenvalue weighted by atomic mass is 16.1. The van der Waals surface area contributed by atoms with Gasteiger partial charge < -0.3 is 5.32 Å². The van der Waals surface area contributed by atoms with E-state index >= 15 is 0 Å². The minimum absolute atomic E-state index is 0.0392. The van der Waals surface area contributed by atoms with E-state index in [1.165, 1.54) is 0 Å². The van der Waals surface area contributed by atoms with E-state index in [1.54, 1.807) is 6.20 Å². The SMILES string of the molecule is CC(C)C(C)NC(=O)c1ccc2cn[nH]c2c1. The Morgan fingerprint density at radius 1 is 1.35 bits per heavy atom. The summed E-state index contributed by atoms with van der Waals surface area (Å²) in [6.45, 7) is 6.18. The van der Waals surface area contributed by atoms with Gasteiger partial charge in [-0.25, -0.2) is 0 Å². The largest absolute Gasteiger partial charge is 0.349 e. The van der Waals surface area contributed by atoms with E-state index in [-0.39, 0.29) is 11.9 Å². The molecule has 1 unspecified atom stereocenters. The van der Waals surface area contributed by atoms with Crippen molar-refractivity contribution in [3.05, 3.63) is 30.0 Å². The molecule has 0 saturated heterocycles. The average molecular weight is 231 g/mol. The molecule has 1 aromatic carbocycles. The third-order valence-corrected chi connectivity index (χ3v) is 3.06. The number of H-pyrrole nitrogens is 1. The average Bonchev–Trinajstić information content (AvgIpc) is 2.75. The van der Waals surface area contributed by atoms with Crippen LogP contribution in [0.2, 0.25) is 0 Å². The molecule has 0 spiro atoms. The standard InChI is InChI=1S/C13H17N3O/c1-8(2)9(3)15-13(17)10-4-5-11-7-14-16-12(11)6-10/h4-9H,1-3H3,(H,14,16)(H,15,17). The molecule has 2 rings (SSSR count). The quantitative estimate of drug-likeness (QED) is 0.851. The van der Waals surface area contributed by atoms with E-state index in [2.05, 4.69) is 29.4 Å². The number of fused-ring (bicyclic) bond motifs is 1. The highest BCUT2D eigenvalue weighted by Gasteiger charge is 2.12. The Bertz CT molecular complexity index is 530. The van der Waals surface area contributed by atoms with Gasteiger partial charge in [-0.3, -0.25) is 9.89 Å². The summed E-state index contributed by atoms with van der Waals surface area (Å²) in [6, 6.07) is 5.71. The lowest BCUT2D eigenvalue weighted by molar-refractivity contribution is 0.0930. The van der Waals surface area contributed by atoms with Crippen molar-refractivity contribution < 1.29 is 4.79 Å². The summed E-state index contributed by atoms with van der Waals surface area (Å²) < 4.78 is 0. The predicted octanol–water partition coefficient (Wildman–Crippen LogP) is 2.34. The molecular weight excluding hydrogens is 214 g/mol. The summed E-state index contributed by atoms with van der Waals surface area (Å²) in [5, 5.41) is 10.8. The Labute approximate surface area is 100 Å². The van der Waals surface area contributed by atoms with Crippen LogP contribution in [0.5, 0.6) is 0 Å². The lowest BCUT2D eigenvalue weighted by Gasteiger charge is -2.17. The molecule has 0 aliphatic carbocycles. The number of amides is 1. The predicted molar refractivity (Wildman–Crippen MR) is 67.9 cm³/mol. The maximum Gasteiger partial charge on any atom is 0.251 e. The fraction of sp³-hybridized carbons (Fsp3) is 0.385. The third kappa shape index (κ3) is 2.46. The van der Waals surface area contributed by atoms with E-state index < -0.39 is 0 Å². The molecule has 1 heterocycles. The van der Waals surface area contributed by atoms with Crippen molar-refractivity contribution in [1.82, 2.24) is 15.5 Å². The molecule has 17 heavy (non-hydrogen) atoms. The van der Waals surface area contributed by atoms with Crippen LogP contribution in [0.1, 0.15) is 31.1 Å². The van der Waals surface area contributed by atoms with E-state index in [0.29, 0.717) is 11.5 Å². The number of hydrogen-bond acceptors (Lipinski definition) is 2. The van der Waals surface area contributed by atoms with Crippen molar-refractivity contribution in [1.29, 1.82) is 0 Å². The molecule has 2 aromatic rings. The number of nitrogens with zero attached hydrogens (tertiary/aromatic N) is 1. The first-order valence-electron chi connectivity index (χ1n) is 5.82. The number of hydrogen-bond donors (Lipinski definition) is 2. The summed E-state index contributed by atoms with van der Waals surface area (Å²) in [6.07, 6.45) is 1.74. The van der Waals surface area contributed by atoms with Crippen LogP contribution in [0.3, 0.4) is 0 Å². The Kier molecular flexibility index (Phi) is 3.13. The van der Waals surface area contributed by atoms with Crippen LogP contribution >= 0.6 is 0 Å². The highest BCUT2D eigenvalue weighted by molar-refractivity contribution is 5.97. The lowest BCUT2D eigenvalue weighted by atomic mass is 10.1. The van der Waals surface area contributed by atoms with Gasteiger partial charge in [0.2, 0.25) is 0 Å². The molecule has 0 aliphatic rings. The molecule has 0 saturated carbocycles. The molecule has 0 aliphatic heterocycles. The minimum atomic E-state index is -0.0392. The van der Waals surface area contributed by atoms with Crippen molar-refractivity contribution >= 4 is 16.8 Å². The van der Waals surface area contributed by atoms with Crippen LogP contribution in [0.25, 0.3) is 10.9 Å². The van der Waals surface area contributed by atoms with Crippen LogP contribution < -0.4 is 5.32 Å². The summed E-state index contributed by atoms with van der Waals surface area (Å²) in [5.74, 6) is 0.387. The van der Waals surface area contributed by atoms with E-state index in [0.717, 1.165) is 10.9 Å². The van der Waals surface area contributed by atoms with Gasteiger partial charge in [0, 0.05) is 17.0 Å². The molecule has 4 heteroatoms. The second-order valence-corrected chi connectivity index (χ2v) is 4.68. The molecule has 1 aromatic heterocycles. The van der Waals surface area contributed by atoms with Gasteiger partial charge in [0.1, 0.15) is 0 Å². The number of carbonyl (C=O) groups is 1. The summed E-state index contributed by atoms with van der Waals surface area (Å²) in [5.41, 5.74) is 1.55. The van der Waals surface area contributed by atoms with Crippen molar-refractivity contribution in [2.75, 3.05) is 0 Å². The topological polar surface area (TPSA) is 57.8 Å². The monoisotopic (exact) mass is 231 g/mol. The fourth-order valence-electron chi connectivity index (χ4n) is 1.54. The maximum absolute atomic E-state index is 12.0. The van der Waals surface area contributed by atoms with Crippen LogP contribution in [-0.4, -0.2) is 22.1 Å². The van der Waals surface area contributed by atoms with E-state index in [4.69, 9.17) is 0 Å².